The zero-order valence-electron chi connectivity index (χ0n) is 27.6. The van der Waals surface area contributed by atoms with Crippen LogP contribution >= 0.6 is 11.8 Å². The van der Waals surface area contributed by atoms with E-state index in [2.05, 4.69) is 22.8 Å². The molecule has 0 radical (unpaired) electrons. The second kappa shape index (κ2) is 16.7. The molecule has 0 bridgehead atoms. The van der Waals surface area contributed by atoms with E-state index in [-0.39, 0.29) is 30.2 Å². The summed E-state index contributed by atoms with van der Waals surface area (Å²) in [6, 6.07) is 40.8. The lowest BCUT2D eigenvalue weighted by Gasteiger charge is -2.43. The second-order valence-corrected chi connectivity index (χ2v) is 13.4. The van der Waals surface area contributed by atoms with Crippen LogP contribution in [0.25, 0.3) is 0 Å². The van der Waals surface area contributed by atoms with Gasteiger partial charge in [-0.25, -0.2) is 4.79 Å². The maximum Gasteiger partial charge on any atom is 0.319 e. The summed E-state index contributed by atoms with van der Waals surface area (Å²) in [5.74, 6) is 0.505. The van der Waals surface area contributed by atoms with Crippen LogP contribution in [-0.2, 0) is 27.3 Å². The van der Waals surface area contributed by atoms with Gasteiger partial charge in [0, 0.05) is 27.8 Å². The normalized spacial score (nSPS) is 19.3. The molecule has 5 aromatic rings. The molecule has 0 aliphatic carbocycles. The van der Waals surface area contributed by atoms with Gasteiger partial charge in [0.05, 0.1) is 24.9 Å². The second-order valence-electron chi connectivity index (χ2n) is 12.3. The smallest absolute Gasteiger partial charge is 0.319 e. The summed E-state index contributed by atoms with van der Waals surface area (Å²) in [5, 5.41) is 25.2. The van der Waals surface area contributed by atoms with Gasteiger partial charge in [-0.15, -0.1) is 11.8 Å². The number of aliphatic hydroxyl groups excluding tert-OH is 1. The highest BCUT2D eigenvalue weighted by Crippen LogP contribution is 2.48. The van der Waals surface area contributed by atoms with Gasteiger partial charge < -0.3 is 30.3 Å². The number of hydrogen-bond acceptors (Lipinski definition) is 7. The largest absolute Gasteiger partial charge is 0.508 e. The van der Waals surface area contributed by atoms with Crippen molar-refractivity contribution in [1.29, 1.82) is 0 Å². The molecule has 1 saturated heterocycles. The third kappa shape index (κ3) is 8.99. The predicted octanol–water partition coefficient (Wildman–Crippen LogP) is 7.94. The Balaban J connectivity index is 1.26. The molecule has 9 heteroatoms. The third-order valence-electron chi connectivity index (χ3n) is 8.72. The molecule has 4 N–H and O–H groups in total. The molecule has 1 aliphatic rings. The van der Waals surface area contributed by atoms with E-state index in [1.165, 1.54) is 6.92 Å². The van der Waals surface area contributed by atoms with Crippen molar-refractivity contribution in [3.05, 3.63) is 161 Å². The average Bonchev–Trinajstić information content (AvgIpc) is 3.15. The number of ether oxygens (including phenoxy) is 2. The Labute approximate surface area is 296 Å². The number of urea groups is 1. The summed E-state index contributed by atoms with van der Waals surface area (Å²) in [4.78, 5) is 26.5. The Kier molecular flexibility index (Phi) is 11.6. The van der Waals surface area contributed by atoms with Crippen molar-refractivity contribution in [1.82, 2.24) is 5.32 Å². The van der Waals surface area contributed by atoms with E-state index in [0.717, 1.165) is 32.7 Å². The number of rotatable bonds is 12. The standard InChI is InChI=1S/C41H40N2O6S/c1-27(45)36(23-28-9-4-2-5-10-28)43-41(47)42-33-14-8-13-32(24-33)40-48-37(26-50-35-21-19-34(46)20-22-35)38(30-11-6-3-7-12-30)39(49-40)31-17-15-29(25-44)16-18-31/h2-22,24,36-40,44,46H,23,25-26H2,1H3,(H2,42,43,47). The van der Waals surface area contributed by atoms with Gasteiger partial charge in [0.1, 0.15) is 5.75 Å². The van der Waals surface area contributed by atoms with Gasteiger partial charge in [-0.2, -0.15) is 0 Å². The van der Waals surface area contributed by atoms with Crippen LogP contribution in [0.4, 0.5) is 10.5 Å². The lowest BCUT2D eigenvalue weighted by atomic mass is 9.84. The van der Waals surface area contributed by atoms with Gasteiger partial charge >= 0.3 is 6.03 Å². The molecule has 0 aromatic heterocycles. The van der Waals surface area contributed by atoms with E-state index in [1.807, 2.05) is 103 Å². The molecule has 1 aliphatic heterocycles. The number of phenols is 1. The third-order valence-corrected chi connectivity index (χ3v) is 9.82. The topological polar surface area (TPSA) is 117 Å². The van der Waals surface area contributed by atoms with Gasteiger partial charge in [0.15, 0.2) is 12.1 Å². The molecule has 5 aromatic carbocycles. The number of aliphatic hydroxyl groups is 1. The van der Waals surface area contributed by atoms with Gasteiger partial charge in [0.2, 0.25) is 0 Å². The molecule has 5 atom stereocenters. The van der Waals surface area contributed by atoms with Crippen LogP contribution in [0.1, 0.15) is 53.1 Å². The van der Waals surface area contributed by atoms with E-state index in [9.17, 15) is 19.8 Å². The molecule has 5 unspecified atom stereocenters. The molecule has 1 heterocycles. The maximum absolute atomic E-state index is 13.1. The predicted molar refractivity (Wildman–Crippen MR) is 195 cm³/mol. The fourth-order valence-electron chi connectivity index (χ4n) is 6.11. The highest BCUT2D eigenvalue weighted by atomic mass is 32.2. The number of Topliss-reactive ketones (excluding diaryl/α,β-unsaturated/α-hetero) is 1. The van der Waals surface area contributed by atoms with Crippen LogP contribution in [0.15, 0.2) is 138 Å². The Morgan fingerprint density at radius 1 is 0.760 bits per heavy atom. The average molecular weight is 689 g/mol. The zero-order chi connectivity index (χ0) is 34.9. The molecule has 2 amide bonds. The van der Waals surface area contributed by atoms with Crippen molar-refractivity contribution in [2.75, 3.05) is 11.1 Å². The maximum atomic E-state index is 13.1. The van der Waals surface area contributed by atoms with Crippen molar-refractivity contribution in [2.24, 2.45) is 0 Å². The summed E-state index contributed by atoms with van der Waals surface area (Å²) < 4.78 is 13.6. The molecule has 256 valence electrons. The fourth-order valence-corrected chi connectivity index (χ4v) is 7.08. The first kappa shape index (κ1) is 34.9. The minimum absolute atomic E-state index is 0.0572. The summed E-state index contributed by atoms with van der Waals surface area (Å²) in [5.41, 5.74) is 5.03. The van der Waals surface area contributed by atoms with E-state index < -0.39 is 24.5 Å². The van der Waals surface area contributed by atoms with Crippen LogP contribution in [0.2, 0.25) is 0 Å². The van der Waals surface area contributed by atoms with E-state index in [1.54, 1.807) is 30.0 Å². The molecule has 8 nitrogen and oxygen atoms in total. The molecule has 6 rings (SSSR count). The van der Waals surface area contributed by atoms with Gasteiger partial charge in [-0.3, -0.25) is 4.79 Å². The van der Waals surface area contributed by atoms with E-state index in [0.29, 0.717) is 17.9 Å². The first-order valence-electron chi connectivity index (χ1n) is 16.6. The first-order valence-corrected chi connectivity index (χ1v) is 17.5. The Bertz CT molecular complexity index is 1850. The van der Waals surface area contributed by atoms with E-state index in [4.69, 9.17) is 9.47 Å². The quantitative estimate of drug-likeness (QED) is 0.0984. The number of anilines is 1. The van der Waals surface area contributed by atoms with Crippen molar-refractivity contribution in [2.45, 2.75) is 55.3 Å². The number of amides is 2. The number of nitrogens with one attached hydrogen (secondary N) is 2. The minimum Gasteiger partial charge on any atom is -0.508 e. The van der Waals surface area contributed by atoms with Gasteiger partial charge in [-0.05, 0) is 72.0 Å². The van der Waals surface area contributed by atoms with Crippen LogP contribution in [-0.4, -0.2) is 39.9 Å². The summed E-state index contributed by atoms with van der Waals surface area (Å²) in [7, 11) is 0. The molecule has 0 saturated carbocycles. The highest BCUT2D eigenvalue weighted by Gasteiger charge is 2.42. The number of carbonyl (C=O) groups excluding carboxylic acids is 2. The molecular weight excluding hydrogens is 649 g/mol. The van der Waals surface area contributed by atoms with Gasteiger partial charge in [-0.1, -0.05) is 97.1 Å². The molecule has 1 fully saturated rings. The number of aromatic hydroxyl groups is 1. The SMILES string of the molecule is CC(=O)C(Cc1ccccc1)NC(=O)Nc1cccc(C2OC(CSc3ccc(O)cc3)C(c3ccccc3)C(c3ccc(CO)cc3)O2)c1. The number of phenolic OH excluding ortho intramolecular Hbond substituents is 1. The molecular formula is C41H40N2O6S. The number of hydrogen-bond donors (Lipinski definition) is 4. The first-order chi connectivity index (χ1) is 24.4. The minimum atomic E-state index is -0.768. The highest BCUT2D eigenvalue weighted by molar-refractivity contribution is 7.99. The van der Waals surface area contributed by atoms with Crippen LogP contribution in [0.3, 0.4) is 0 Å². The van der Waals surface area contributed by atoms with E-state index >= 15 is 0 Å². The summed E-state index contributed by atoms with van der Waals surface area (Å²) in [6.07, 6.45) is -1.08. The van der Waals surface area contributed by atoms with Crippen LogP contribution < -0.4 is 10.6 Å². The van der Waals surface area contributed by atoms with Crippen LogP contribution in [0, 0.1) is 0 Å². The monoisotopic (exact) mass is 688 g/mol. The Morgan fingerprint density at radius 2 is 1.44 bits per heavy atom. The van der Waals surface area contributed by atoms with Crippen molar-refractivity contribution >= 4 is 29.3 Å². The summed E-state index contributed by atoms with van der Waals surface area (Å²) >= 11 is 1.64. The van der Waals surface area contributed by atoms with Crippen molar-refractivity contribution in [3.63, 3.8) is 0 Å². The lowest BCUT2D eigenvalue weighted by Crippen LogP contribution is -2.43. The van der Waals surface area contributed by atoms with Crippen molar-refractivity contribution in [3.8, 4) is 5.75 Å². The lowest BCUT2D eigenvalue weighted by molar-refractivity contribution is -0.255. The number of thioether (sulfide) groups is 1. The molecule has 0 spiro atoms. The summed E-state index contributed by atoms with van der Waals surface area (Å²) in [6.45, 7) is 1.41. The van der Waals surface area contributed by atoms with Gasteiger partial charge in [0.25, 0.3) is 0 Å². The van der Waals surface area contributed by atoms with Crippen LogP contribution in [0.5, 0.6) is 5.75 Å². The van der Waals surface area contributed by atoms with Crippen molar-refractivity contribution < 1.29 is 29.3 Å². The Hall–Kier alpha value is -4.93. The number of carbonyl (C=O) groups is 2. The zero-order valence-corrected chi connectivity index (χ0v) is 28.5. The number of benzene rings is 5. The molecule has 50 heavy (non-hydrogen) atoms. The number of ketones is 1. The Morgan fingerprint density at radius 3 is 2.12 bits per heavy atom. The fraction of sp³-hybridized carbons (Fsp3) is 0.220.